The highest BCUT2D eigenvalue weighted by Crippen LogP contribution is 2.06. The summed E-state index contributed by atoms with van der Waals surface area (Å²) in [4.78, 5) is 20.5. The van der Waals surface area contributed by atoms with Crippen LogP contribution in [0.15, 0.2) is 41.3 Å². The van der Waals surface area contributed by atoms with Crippen LogP contribution < -0.4 is 0 Å². The zero-order valence-corrected chi connectivity index (χ0v) is 6.99. The Labute approximate surface area is 71.4 Å². The van der Waals surface area contributed by atoms with E-state index in [1.807, 2.05) is 6.92 Å². The van der Waals surface area contributed by atoms with Gasteiger partial charge in [-0.3, -0.25) is 4.79 Å². The van der Waals surface area contributed by atoms with E-state index in [1.54, 1.807) is 12.2 Å². The molecular weight excluding hydrogens is 154 g/mol. The van der Waals surface area contributed by atoms with E-state index in [-0.39, 0.29) is 11.3 Å². The van der Waals surface area contributed by atoms with Gasteiger partial charge in [0.25, 0.3) is 0 Å². The number of rotatable bonds is 5. The maximum absolute atomic E-state index is 10.4. The fourth-order valence-corrected chi connectivity index (χ4v) is 0.638. The van der Waals surface area contributed by atoms with Gasteiger partial charge in [0, 0.05) is 5.57 Å². The highest BCUT2D eigenvalue weighted by Gasteiger charge is 1.97. The average Bonchev–Trinajstić information content (AvgIpc) is 2.12. The second-order valence-electron chi connectivity index (χ2n) is 2.06. The highest BCUT2D eigenvalue weighted by atomic mass is 16.3. The van der Waals surface area contributed by atoms with Gasteiger partial charge in [0.1, 0.15) is 5.70 Å². The van der Waals surface area contributed by atoms with E-state index in [0.29, 0.717) is 6.29 Å². The molecule has 0 N–H and O–H groups in total. The smallest absolute Gasteiger partial charge is 0.152 e. The van der Waals surface area contributed by atoms with Gasteiger partial charge in [0.2, 0.25) is 0 Å². The third-order valence-electron chi connectivity index (χ3n) is 1.25. The van der Waals surface area contributed by atoms with Gasteiger partial charge < -0.3 is 0 Å². The number of carbonyl (C=O) groups is 1. The minimum Gasteiger partial charge on any atom is -0.298 e. The monoisotopic (exact) mass is 165 g/mol. The lowest BCUT2D eigenvalue weighted by molar-refractivity contribution is -0.104. The van der Waals surface area contributed by atoms with Gasteiger partial charge in [0.15, 0.2) is 6.29 Å². The summed E-state index contributed by atoms with van der Waals surface area (Å²) in [5, 5.41) is 2.66. The van der Waals surface area contributed by atoms with Gasteiger partial charge in [-0.25, -0.2) is 0 Å². The van der Waals surface area contributed by atoms with E-state index in [0.717, 1.165) is 6.42 Å². The maximum Gasteiger partial charge on any atom is 0.152 e. The average molecular weight is 165 g/mol. The van der Waals surface area contributed by atoms with Gasteiger partial charge in [-0.15, -0.1) is 4.91 Å². The first kappa shape index (κ1) is 10.5. The second-order valence-corrected chi connectivity index (χ2v) is 2.06. The molecule has 0 atom stereocenters. The SMILES string of the molecule is C=C/C(N=O)=C(C=O)\C=C/CC. The van der Waals surface area contributed by atoms with Crippen molar-refractivity contribution in [1.82, 2.24) is 0 Å². The number of nitrogens with zero attached hydrogens (tertiary/aromatic N) is 1. The summed E-state index contributed by atoms with van der Waals surface area (Å²) in [7, 11) is 0. The zero-order valence-electron chi connectivity index (χ0n) is 6.99. The Morgan fingerprint density at radius 1 is 1.58 bits per heavy atom. The standard InChI is InChI=1S/C9H11NO2/c1-3-5-6-8(7-11)9(4-2)10-12/h4-7H,2-3H2,1H3/b6-5-,9-8-. The molecule has 64 valence electrons. The summed E-state index contributed by atoms with van der Waals surface area (Å²) >= 11 is 0. The number of hydrogen-bond donors (Lipinski definition) is 0. The number of carbonyl (C=O) groups excluding carboxylic acids is 1. The van der Waals surface area contributed by atoms with Crippen LogP contribution in [0.4, 0.5) is 0 Å². The Balaban J connectivity index is 4.81. The molecule has 0 saturated heterocycles. The molecule has 0 unspecified atom stereocenters. The van der Waals surface area contributed by atoms with E-state index < -0.39 is 0 Å². The van der Waals surface area contributed by atoms with Crippen LogP contribution in [0, 0.1) is 4.91 Å². The van der Waals surface area contributed by atoms with Gasteiger partial charge in [-0.05, 0) is 17.7 Å². The van der Waals surface area contributed by atoms with Crippen molar-refractivity contribution in [3.05, 3.63) is 41.0 Å². The first-order chi connectivity index (χ1) is 5.79. The lowest BCUT2D eigenvalue weighted by Gasteiger charge is -1.90. The molecule has 0 aliphatic carbocycles. The molecule has 0 amide bonds. The Morgan fingerprint density at radius 3 is 2.58 bits per heavy atom. The maximum atomic E-state index is 10.4. The molecule has 0 rings (SSSR count). The fraction of sp³-hybridized carbons (Fsp3) is 0.222. The predicted octanol–water partition coefficient (Wildman–Crippen LogP) is 2.36. The van der Waals surface area contributed by atoms with Gasteiger partial charge in [-0.1, -0.05) is 25.7 Å². The molecule has 0 aliphatic rings. The van der Waals surface area contributed by atoms with Crippen molar-refractivity contribution >= 4 is 6.29 Å². The van der Waals surface area contributed by atoms with E-state index in [2.05, 4.69) is 11.8 Å². The molecule has 12 heavy (non-hydrogen) atoms. The lowest BCUT2D eigenvalue weighted by atomic mass is 10.2. The van der Waals surface area contributed by atoms with Crippen LogP contribution in [-0.4, -0.2) is 6.29 Å². The third-order valence-corrected chi connectivity index (χ3v) is 1.25. The molecule has 0 fully saturated rings. The van der Waals surface area contributed by atoms with E-state index in [4.69, 9.17) is 0 Å². The molecule has 0 heterocycles. The summed E-state index contributed by atoms with van der Waals surface area (Å²) in [6.45, 7) is 5.30. The minimum atomic E-state index is 0.0784. The van der Waals surface area contributed by atoms with Crippen molar-refractivity contribution in [1.29, 1.82) is 0 Å². The topological polar surface area (TPSA) is 46.5 Å². The number of hydrogen-bond acceptors (Lipinski definition) is 3. The van der Waals surface area contributed by atoms with Crippen LogP contribution in [0.25, 0.3) is 0 Å². The molecule has 0 aliphatic heterocycles. The quantitative estimate of drug-likeness (QED) is 0.271. The highest BCUT2D eigenvalue weighted by molar-refractivity contribution is 5.79. The molecule has 3 nitrogen and oxygen atoms in total. The number of nitroso groups, excluding NO2 is 1. The molecule has 0 saturated carbocycles. The Morgan fingerprint density at radius 2 is 2.25 bits per heavy atom. The van der Waals surface area contributed by atoms with Crippen molar-refractivity contribution < 1.29 is 4.79 Å². The summed E-state index contributed by atoms with van der Waals surface area (Å²) in [6, 6.07) is 0. The van der Waals surface area contributed by atoms with E-state index in [1.165, 1.54) is 6.08 Å². The van der Waals surface area contributed by atoms with E-state index in [9.17, 15) is 9.70 Å². The summed E-state index contributed by atoms with van der Waals surface area (Å²) in [5.74, 6) is 0. The van der Waals surface area contributed by atoms with Crippen LogP contribution in [0.1, 0.15) is 13.3 Å². The lowest BCUT2D eigenvalue weighted by Crippen LogP contribution is -1.84. The van der Waals surface area contributed by atoms with Gasteiger partial charge >= 0.3 is 0 Å². The summed E-state index contributed by atoms with van der Waals surface area (Å²) < 4.78 is 0. The molecule has 0 radical (unpaired) electrons. The van der Waals surface area contributed by atoms with Crippen molar-refractivity contribution in [2.45, 2.75) is 13.3 Å². The van der Waals surface area contributed by atoms with Crippen molar-refractivity contribution in [2.75, 3.05) is 0 Å². The molecule has 0 aromatic heterocycles. The molecule has 0 aromatic carbocycles. The van der Waals surface area contributed by atoms with Crippen LogP contribution in [0.2, 0.25) is 0 Å². The zero-order chi connectivity index (χ0) is 9.40. The predicted molar refractivity (Wildman–Crippen MR) is 48.5 cm³/mol. The summed E-state index contributed by atoms with van der Waals surface area (Å²) in [6.07, 6.45) is 5.99. The van der Waals surface area contributed by atoms with Crippen molar-refractivity contribution in [2.24, 2.45) is 5.18 Å². The van der Waals surface area contributed by atoms with Crippen molar-refractivity contribution in [3.63, 3.8) is 0 Å². The number of allylic oxidation sites excluding steroid dienone is 4. The number of aldehydes is 1. The van der Waals surface area contributed by atoms with Crippen LogP contribution >= 0.6 is 0 Å². The fourth-order valence-electron chi connectivity index (χ4n) is 0.638. The van der Waals surface area contributed by atoms with Crippen LogP contribution in [0.3, 0.4) is 0 Å². The van der Waals surface area contributed by atoms with E-state index >= 15 is 0 Å². The second kappa shape index (κ2) is 6.22. The van der Waals surface area contributed by atoms with Gasteiger partial charge in [0.05, 0.1) is 0 Å². The Hall–Kier alpha value is -1.51. The minimum absolute atomic E-state index is 0.0784. The Bertz CT molecular complexity index is 229. The summed E-state index contributed by atoms with van der Waals surface area (Å²) in [5.41, 5.74) is 0.344. The van der Waals surface area contributed by atoms with Crippen LogP contribution in [0.5, 0.6) is 0 Å². The first-order valence-electron chi connectivity index (χ1n) is 3.61. The molecule has 0 aromatic rings. The normalized spacial score (nSPS) is 12.4. The molecule has 0 spiro atoms. The van der Waals surface area contributed by atoms with Crippen LogP contribution in [-0.2, 0) is 4.79 Å². The molecular formula is C9H11NO2. The third kappa shape index (κ3) is 3.05. The van der Waals surface area contributed by atoms with Crippen molar-refractivity contribution in [3.8, 4) is 0 Å². The Kier molecular flexibility index (Phi) is 5.43. The van der Waals surface area contributed by atoms with Gasteiger partial charge in [-0.2, -0.15) is 0 Å². The first-order valence-corrected chi connectivity index (χ1v) is 3.61. The largest absolute Gasteiger partial charge is 0.298 e. The molecule has 0 bridgehead atoms. The molecule has 3 heteroatoms.